The van der Waals surface area contributed by atoms with Gasteiger partial charge in [0.1, 0.15) is 10.8 Å². The molecule has 10 heteroatoms. The lowest BCUT2D eigenvalue weighted by Gasteiger charge is -2.21. The number of hydrogen-bond donors (Lipinski definition) is 0. The molecule has 1 aromatic rings. The van der Waals surface area contributed by atoms with Gasteiger partial charge in [0.05, 0.1) is 15.5 Å². The van der Waals surface area contributed by atoms with E-state index in [2.05, 4.69) is 4.40 Å². The van der Waals surface area contributed by atoms with E-state index in [9.17, 15) is 23.3 Å². The first-order valence-electron chi connectivity index (χ1n) is 6.23. The average Bonchev–Trinajstić information content (AvgIpc) is 2.49. The van der Waals surface area contributed by atoms with Gasteiger partial charge >= 0.3 is 0 Å². The third-order valence-electron chi connectivity index (χ3n) is 3.10. The third kappa shape index (κ3) is 3.60. The molecule has 0 amide bonds. The van der Waals surface area contributed by atoms with Gasteiger partial charge in [0.2, 0.25) is 0 Å². The first kappa shape index (κ1) is 17.6. The van der Waals surface area contributed by atoms with Crippen LogP contribution in [-0.2, 0) is 14.8 Å². The van der Waals surface area contributed by atoms with Crippen molar-refractivity contribution in [1.29, 1.82) is 0 Å². The number of carbonyl (C=O) groups excluding carboxylic acids is 1. The van der Waals surface area contributed by atoms with Crippen molar-refractivity contribution in [2.75, 3.05) is 0 Å². The van der Waals surface area contributed by atoms with E-state index in [0.29, 0.717) is 0 Å². The highest BCUT2D eigenvalue weighted by Crippen LogP contribution is 2.26. The van der Waals surface area contributed by atoms with Crippen LogP contribution in [0.15, 0.2) is 45.2 Å². The fraction of sp³-hybridized carbons (Fsp3) is 0.231. The van der Waals surface area contributed by atoms with Crippen molar-refractivity contribution in [2.45, 2.75) is 22.6 Å². The number of alkyl halides is 2. The molecule has 0 saturated carbocycles. The summed E-state index contributed by atoms with van der Waals surface area (Å²) in [6, 6.07) is 4.48. The molecule has 0 N–H and O–H groups in total. The van der Waals surface area contributed by atoms with E-state index in [4.69, 9.17) is 23.2 Å². The molecule has 0 bridgehead atoms. The molecule has 23 heavy (non-hydrogen) atoms. The number of hydrogen-bond acceptors (Lipinski definition) is 5. The van der Waals surface area contributed by atoms with Crippen molar-refractivity contribution in [3.8, 4) is 0 Å². The van der Waals surface area contributed by atoms with Crippen LogP contribution in [0.25, 0.3) is 0 Å². The predicted octanol–water partition coefficient (Wildman–Crippen LogP) is 2.47. The standard InChI is InChI=1S/C13H10Cl2N2O5S/c1-7-5-10(18)11(14)12(15)13(7)16-23(21,22)9-4-2-3-8(6-9)17(19)20/h2-6,11-12H,1H3/t11-,12+/m1/s1. The lowest BCUT2D eigenvalue weighted by atomic mass is 9.97. The van der Waals surface area contributed by atoms with Gasteiger partial charge in [0.25, 0.3) is 15.7 Å². The van der Waals surface area contributed by atoms with E-state index in [-0.39, 0.29) is 21.9 Å². The number of sulfonamides is 1. The lowest BCUT2D eigenvalue weighted by Crippen LogP contribution is -2.36. The van der Waals surface area contributed by atoms with E-state index in [0.717, 1.165) is 12.1 Å². The monoisotopic (exact) mass is 376 g/mol. The maximum absolute atomic E-state index is 12.3. The van der Waals surface area contributed by atoms with Crippen LogP contribution >= 0.6 is 23.2 Å². The molecule has 122 valence electrons. The summed E-state index contributed by atoms with van der Waals surface area (Å²) in [7, 11) is -4.23. The Labute approximate surface area is 141 Å². The number of nitro groups is 1. The Bertz CT molecular complexity index is 848. The largest absolute Gasteiger partial charge is 0.293 e. The molecule has 1 aliphatic rings. The van der Waals surface area contributed by atoms with Crippen molar-refractivity contribution < 1.29 is 18.1 Å². The minimum Gasteiger partial charge on any atom is -0.293 e. The summed E-state index contributed by atoms with van der Waals surface area (Å²) in [4.78, 5) is 21.2. The molecule has 0 unspecified atom stereocenters. The molecule has 1 aromatic carbocycles. The third-order valence-corrected chi connectivity index (χ3v) is 5.44. The van der Waals surface area contributed by atoms with Gasteiger partial charge in [-0.1, -0.05) is 6.07 Å². The van der Waals surface area contributed by atoms with Gasteiger partial charge in [-0.2, -0.15) is 12.8 Å². The maximum atomic E-state index is 12.3. The number of rotatable bonds is 3. The Morgan fingerprint density at radius 2 is 1.91 bits per heavy atom. The molecule has 0 heterocycles. The second kappa shape index (κ2) is 6.38. The lowest BCUT2D eigenvalue weighted by molar-refractivity contribution is -0.385. The minimum absolute atomic E-state index is 0.0576. The van der Waals surface area contributed by atoms with Crippen LogP contribution in [0.2, 0.25) is 0 Å². The number of ketones is 1. The zero-order chi connectivity index (χ0) is 17.4. The first-order chi connectivity index (χ1) is 10.6. The second-order valence-electron chi connectivity index (χ2n) is 4.74. The van der Waals surface area contributed by atoms with Crippen molar-refractivity contribution in [2.24, 2.45) is 4.40 Å². The molecule has 0 radical (unpaired) electrons. The summed E-state index contributed by atoms with van der Waals surface area (Å²) in [5.41, 5.74) is -0.159. The Hall–Kier alpha value is -1.77. The molecule has 0 saturated heterocycles. The summed E-state index contributed by atoms with van der Waals surface area (Å²) in [6.45, 7) is 1.48. The SMILES string of the molecule is CC1=CC(=O)[C@@H](Cl)[C@H](Cl)C1=NS(=O)(=O)c1cccc([N+](=O)[O-])c1. The van der Waals surface area contributed by atoms with Crippen molar-refractivity contribution in [3.63, 3.8) is 0 Å². The quantitative estimate of drug-likeness (QED) is 0.457. The minimum atomic E-state index is -4.23. The summed E-state index contributed by atoms with van der Waals surface area (Å²) < 4.78 is 28.3. The summed E-state index contributed by atoms with van der Waals surface area (Å²) >= 11 is 11.8. The molecule has 0 fully saturated rings. The topological polar surface area (TPSA) is 107 Å². The maximum Gasteiger partial charge on any atom is 0.282 e. The fourth-order valence-electron chi connectivity index (χ4n) is 1.93. The van der Waals surface area contributed by atoms with Crippen LogP contribution in [0.4, 0.5) is 5.69 Å². The van der Waals surface area contributed by atoms with Gasteiger partial charge in [-0.15, -0.1) is 23.2 Å². The molecule has 0 aromatic heterocycles. The number of carbonyl (C=O) groups is 1. The Morgan fingerprint density at radius 1 is 1.26 bits per heavy atom. The molecule has 2 rings (SSSR count). The van der Waals surface area contributed by atoms with Crippen molar-refractivity contribution >= 4 is 50.4 Å². The normalized spacial score (nSPS) is 23.7. The molecule has 0 aliphatic heterocycles. The average molecular weight is 377 g/mol. The van der Waals surface area contributed by atoms with Crippen LogP contribution in [0.1, 0.15) is 6.92 Å². The van der Waals surface area contributed by atoms with E-state index in [1.165, 1.54) is 25.1 Å². The van der Waals surface area contributed by atoms with Gasteiger partial charge in [-0.05, 0) is 24.6 Å². The van der Waals surface area contributed by atoms with Crippen LogP contribution in [0, 0.1) is 10.1 Å². The van der Waals surface area contributed by atoms with Crippen LogP contribution < -0.4 is 0 Å². The number of benzene rings is 1. The molecule has 7 nitrogen and oxygen atoms in total. The van der Waals surface area contributed by atoms with Gasteiger partial charge in [0.15, 0.2) is 5.78 Å². The Kier molecular flexibility index (Phi) is 4.88. The molecular weight excluding hydrogens is 367 g/mol. The van der Waals surface area contributed by atoms with E-state index in [1.807, 2.05) is 0 Å². The van der Waals surface area contributed by atoms with Crippen molar-refractivity contribution in [3.05, 3.63) is 46.0 Å². The van der Waals surface area contributed by atoms with Gasteiger partial charge in [-0.25, -0.2) is 0 Å². The summed E-state index contributed by atoms with van der Waals surface area (Å²) in [5.74, 6) is -0.434. The predicted molar refractivity (Wildman–Crippen MR) is 85.8 cm³/mol. The number of nitro benzene ring substituents is 1. The number of halogens is 2. The first-order valence-corrected chi connectivity index (χ1v) is 8.55. The van der Waals surface area contributed by atoms with Crippen LogP contribution in [0.3, 0.4) is 0 Å². The highest BCUT2D eigenvalue weighted by molar-refractivity contribution is 7.90. The van der Waals surface area contributed by atoms with Crippen molar-refractivity contribution in [1.82, 2.24) is 0 Å². The van der Waals surface area contributed by atoms with E-state index < -0.39 is 31.5 Å². The fourth-order valence-corrected chi connectivity index (χ4v) is 3.66. The zero-order valence-electron chi connectivity index (χ0n) is 11.6. The zero-order valence-corrected chi connectivity index (χ0v) is 14.0. The molecule has 1 aliphatic carbocycles. The van der Waals surface area contributed by atoms with E-state index in [1.54, 1.807) is 0 Å². The number of allylic oxidation sites excluding steroid dienone is 2. The summed E-state index contributed by atoms with van der Waals surface area (Å²) in [5, 5.41) is 8.51. The smallest absolute Gasteiger partial charge is 0.282 e. The van der Waals surface area contributed by atoms with Gasteiger partial charge in [-0.3, -0.25) is 14.9 Å². The van der Waals surface area contributed by atoms with Gasteiger partial charge < -0.3 is 0 Å². The Morgan fingerprint density at radius 3 is 2.52 bits per heavy atom. The number of non-ortho nitro benzene ring substituents is 1. The summed E-state index contributed by atoms with van der Waals surface area (Å²) in [6.07, 6.45) is 1.17. The molecule has 0 spiro atoms. The van der Waals surface area contributed by atoms with Crippen LogP contribution in [-0.4, -0.2) is 35.6 Å². The van der Waals surface area contributed by atoms with Gasteiger partial charge in [0, 0.05) is 12.1 Å². The van der Waals surface area contributed by atoms with Crippen LogP contribution in [0.5, 0.6) is 0 Å². The second-order valence-corrected chi connectivity index (χ2v) is 7.28. The van der Waals surface area contributed by atoms with E-state index >= 15 is 0 Å². The highest BCUT2D eigenvalue weighted by Gasteiger charge is 2.34. The molecule has 2 atom stereocenters. The molecular formula is C13H10Cl2N2O5S. The Balaban J connectivity index is 2.52. The highest BCUT2D eigenvalue weighted by atomic mass is 35.5. The number of nitrogens with zero attached hydrogens (tertiary/aromatic N) is 2.